The zero-order valence-corrected chi connectivity index (χ0v) is 15.5. The van der Waals surface area contributed by atoms with Crippen molar-refractivity contribution < 1.29 is 30.7 Å². The van der Waals surface area contributed by atoms with Gasteiger partial charge in [0.25, 0.3) is 0 Å². The number of hydrogen-bond acceptors (Lipinski definition) is 1. The fourth-order valence-corrected chi connectivity index (χ4v) is 3.45. The molecule has 0 saturated heterocycles. The number of hydrogen-bond donors (Lipinski definition) is 0. The minimum absolute atomic E-state index is 0.0345. The highest BCUT2D eigenvalue weighted by Gasteiger charge is 2.36. The lowest BCUT2D eigenvalue weighted by Gasteiger charge is -2.16. The van der Waals surface area contributed by atoms with Gasteiger partial charge in [-0.25, -0.2) is 4.39 Å². The van der Waals surface area contributed by atoms with Crippen molar-refractivity contribution in [2.75, 3.05) is 0 Å². The van der Waals surface area contributed by atoms with Crippen LogP contribution in [0.25, 0.3) is 33.2 Å². The Hall–Kier alpha value is -3.42. The maximum absolute atomic E-state index is 14.1. The maximum atomic E-state index is 14.1. The third-order valence-electron chi connectivity index (χ3n) is 4.82. The number of fused-ring (bicyclic) bond motifs is 1. The van der Waals surface area contributed by atoms with E-state index in [2.05, 4.69) is 4.98 Å². The van der Waals surface area contributed by atoms with Crippen LogP contribution in [0.1, 0.15) is 11.1 Å². The Morgan fingerprint density at radius 3 is 1.97 bits per heavy atom. The van der Waals surface area contributed by atoms with Crippen LogP contribution < -0.4 is 0 Å². The number of pyridine rings is 1. The van der Waals surface area contributed by atoms with Crippen LogP contribution in [0.3, 0.4) is 0 Å². The second-order valence-electron chi connectivity index (χ2n) is 6.84. The van der Waals surface area contributed by atoms with Gasteiger partial charge in [0.15, 0.2) is 0 Å². The van der Waals surface area contributed by atoms with E-state index in [1.165, 1.54) is 30.3 Å². The first kappa shape index (κ1) is 20.8. The summed E-state index contributed by atoms with van der Waals surface area (Å²) < 4.78 is 95.5. The largest absolute Gasteiger partial charge is 0.418 e. The van der Waals surface area contributed by atoms with E-state index in [-0.39, 0.29) is 27.8 Å². The van der Waals surface area contributed by atoms with E-state index < -0.39 is 34.7 Å². The molecule has 4 rings (SSSR count). The first-order chi connectivity index (χ1) is 14.6. The molecule has 1 heterocycles. The lowest BCUT2D eigenvalue weighted by atomic mass is 9.95. The van der Waals surface area contributed by atoms with E-state index in [0.717, 1.165) is 12.1 Å². The van der Waals surface area contributed by atoms with Crippen molar-refractivity contribution in [3.8, 4) is 22.4 Å². The van der Waals surface area contributed by atoms with Gasteiger partial charge in [0.2, 0.25) is 0 Å². The van der Waals surface area contributed by atoms with Gasteiger partial charge in [-0.05, 0) is 40.8 Å². The van der Waals surface area contributed by atoms with Crippen molar-refractivity contribution in [3.63, 3.8) is 0 Å². The van der Waals surface area contributed by atoms with Crippen molar-refractivity contribution in [1.29, 1.82) is 0 Å². The summed E-state index contributed by atoms with van der Waals surface area (Å²) in [5.74, 6) is -1.04. The number of nitrogens with zero attached hydrogens (tertiary/aromatic N) is 1. The van der Waals surface area contributed by atoms with Crippen molar-refractivity contribution in [2.45, 2.75) is 12.4 Å². The van der Waals surface area contributed by atoms with E-state index in [1.807, 2.05) is 0 Å². The quantitative estimate of drug-likeness (QED) is 0.294. The summed E-state index contributed by atoms with van der Waals surface area (Å²) in [4.78, 5) is 3.77. The number of halogens is 7. The molecule has 0 spiro atoms. The van der Waals surface area contributed by atoms with E-state index in [9.17, 15) is 30.7 Å². The summed E-state index contributed by atoms with van der Waals surface area (Å²) >= 11 is 0. The SMILES string of the molecule is Fc1cccc2cc(-c3cc(-c4ccccc4)c(C(F)(F)F)cn3)cc(C(F)(F)F)c12. The predicted molar refractivity (Wildman–Crippen MR) is 103 cm³/mol. The Kier molecular flexibility index (Phi) is 4.95. The van der Waals surface area contributed by atoms with Crippen LogP contribution in [0.5, 0.6) is 0 Å². The summed E-state index contributed by atoms with van der Waals surface area (Å²) in [6.45, 7) is 0. The number of rotatable bonds is 2. The normalized spacial score (nSPS) is 12.4. The minimum atomic E-state index is -4.87. The molecule has 0 fully saturated rings. The summed E-state index contributed by atoms with van der Waals surface area (Å²) in [5.41, 5.74) is -2.38. The van der Waals surface area contributed by atoms with Crippen molar-refractivity contribution in [1.82, 2.24) is 4.98 Å². The van der Waals surface area contributed by atoms with Gasteiger partial charge < -0.3 is 0 Å². The molecule has 158 valence electrons. The molecule has 0 N–H and O–H groups in total. The molecule has 1 nitrogen and oxygen atoms in total. The minimum Gasteiger partial charge on any atom is -0.256 e. The van der Waals surface area contributed by atoms with Crippen molar-refractivity contribution in [3.05, 3.63) is 89.9 Å². The van der Waals surface area contributed by atoms with E-state index in [0.29, 0.717) is 12.3 Å². The van der Waals surface area contributed by atoms with Gasteiger partial charge in [-0.1, -0.05) is 42.5 Å². The van der Waals surface area contributed by atoms with Gasteiger partial charge in [0.1, 0.15) is 5.82 Å². The highest BCUT2D eigenvalue weighted by molar-refractivity contribution is 5.91. The highest BCUT2D eigenvalue weighted by atomic mass is 19.4. The lowest BCUT2D eigenvalue weighted by molar-refractivity contribution is -0.137. The Labute approximate surface area is 171 Å². The standard InChI is InChI=1S/C23H12F7N/c24-19-8-4-7-14-9-15(10-17(21(14)19)22(25,26)27)20-11-16(13-5-2-1-3-6-13)18(12-31-20)23(28,29)30/h1-12H. The molecular weight excluding hydrogens is 423 g/mol. The second kappa shape index (κ2) is 7.37. The van der Waals surface area contributed by atoms with Gasteiger partial charge in [-0.2, -0.15) is 26.3 Å². The number of benzene rings is 3. The Morgan fingerprint density at radius 2 is 1.32 bits per heavy atom. The molecular formula is C23H12F7N. The number of alkyl halides is 6. The molecule has 3 aromatic carbocycles. The topological polar surface area (TPSA) is 12.9 Å². The summed E-state index contributed by atoms with van der Waals surface area (Å²) in [6.07, 6.45) is -8.98. The smallest absolute Gasteiger partial charge is 0.256 e. The van der Waals surface area contributed by atoms with Crippen molar-refractivity contribution >= 4 is 10.8 Å². The Balaban J connectivity index is 1.99. The lowest BCUT2D eigenvalue weighted by Crippen LogP contribution is -2.09. The second-order valence-corrected chi connectivity index (χ2v) is 6.84. The molecule has 0 aliphatic rings. The van der Waals surface area contributed by atoms with Crippen LogP contribution in [0.15, 0.2) is 72.9 Å². The molecule has 0 bridgehead atoms. The molecule has 1 aromatic heterocycles. The van der Waals surface area contributed by atoms with Gasteiger partial charge in [-0.15, -0.1) is 0 Å². The maximum Gasteiger partial charge on any atom is 0.418 e. The first-order valence-electron chi connectivity index (χ1n) is 8.98. The molecule has 8 heteroatoms. The zero-order valence-electron chi connectivity index (χ0n) is 15.5. The Bertz CT molecular complexity index is 1260. The first-order valence-corrected chi connectivity index (χ1v) is 8.98. The van der Waals surface area contributed by atoms with Crippen LogP contribution >= 0.6 is 0 Å². The summed E-state index contributed by atoms with van der Waals surface area (Å²) in [7, 11) is 0. The van der Waals surface area contributed by atoms with Crippen LogP contribution in [-0.2, 0) is 12.4 Å². The molecule has 0 saturated carbocycles. The molecule has 4 aromatic rings. The molecule has 0 atom stereocenters. The molecule has 0 unspecified atom stereocenters. The molecule has 0 aliphatic heterocycles. The fourth-order valence-electron chi connectivity index (χ4n) is 3.45. The van der Waals surface area contributed by atoms with Gasteiger partial charge in [0.05, 0.1) is 16.8 Å². The molecule has 0 amide bonds. The van der Waals surface area contributed by atoms with Crippen molar-refractivity contribution in [2.24, 2.45) is 0 Å². The predicted octanol–water partition coefficient (Wildman–Crippen LogP) is 7.75. The van der Waals surface area contributed by atoms with E-state index in [4.69, 9.17) is 0 Å². The third kappa shape index (κ3) is 3.97. The molecule has 0 radical (unpaired) electrons. The van der Waals surface area contributed by atoms with Crippen LogP contribution in [-0.4, -0.2) is 4.98 Å². The zero-order chi connectivity index (χ0) is 22.4. The molecule has 31 heavy (non-hydrogen) atoms. The monoisotopic (exact) mass is 435 g/mol. The summed E-state index contributed by atoms with van der Waals surface area (Å²) in [6, 6.07) is 14.2. The summed E-state index contributed by atoms with van der Waals surface area (Å²) in [5, 5.41) is -0.637. The van der Waals surface area contributed by atoms with Crippen LogP contribution in [0.4, 0.5) is 30.7 Å². The third-order valence-corrected chi connectivity index (χ3v) is 4.82. The average molecular weight is 435 g/mol. The number of aromatic nitrogens is 1. The molecule has 0 aliphatic carbocycles. The average Bonchev–Trinajstić information content (AvgIpc) is 2.72. The van der Waals surface area contributed by atoms with Crippen LogP contribution in [0, 0.1) is 5.82 Å². The van der Waals surface area contributed by atoms with Gasteiger partial charge in [-0.3, -0.25) is 4.98 Å². The van der Waals surface area contributed by atoms with Gasteiger partial charge in [0, 0.05) is 17.1 Å². The fraction of sp³-hybridized carbons (Fsp3) is 0.0870. The van der Waals surface area contributed by atoms with E-state index >= 15 is 0 Å². The van der Waals surface area contributed by atoms with E-state index in [1.54, 1.807) is 18.2 Å². The van der Waals surface area contributed by atoms with Crippen LogP contribution in [0.2, 0.25) is 0 Å². The Morgan fingerprint density at radius 1 is 0.645 bits per heavy atom. The van der Waals surface area contributed by atoms with Gasteiger partial charge >= 0.3 is 12.4 Å². The highest BCUT2D eigenvalue weighted by Crippen LogP contribution is 2.41.